The lowest BCUT2D eigenvalue weighted by Crippen LogP contribution is -2.10. The van der Waals surface area contributed by atoms with Crippen LogP contribution in [0.2, 0.25) is 0 Å². The number of carbonyl (C=O) groups is 2. The Labute approximate surface area is 116 Å². The van der Waals surface area contributed by atoms with Crippen LogP contribution in [-0.4, -0.2) is 17.0 Å². The third-order valence-corrected chi connectivity index (χ3v) is 2.85. The van der Waals surface area contributed by atoms with Crippen LogP contribution in [0, 0.1) is 6.92 Å². The number of anilines is 2. The molecule has 5 nitrogen and oxygen atoms in total. The van der Waals surface area contributed by atoms with Crippen molar-refractivity contribution >= 4 is 23.3 Å². The monoisotopic (exact) mass is 270 g/mol. The molecule has 5 heteroatoms. The van der Waals surface area contributed by atoms with Gasteiger partial charge in [-0.2, -0.15) is 0 Å². The predicted octanol–water partition coefficient (Wildman–Crippen LogP) is 2.54. The predicted molar refractivity (Wildman–Crippen MR) is 76.4 cm³/mol. The maximum absolute atomic E-state index is 11.2. The fourth-order valence-electron chi connectivity index (χ4n) is 1.82. The number of nitrogens with one attached hydrogen (secondary N) is 1. The highest BCUT2D eigenvalue weighted by Crippen LogP contribution is 2.22. The highest BCUT2D eigenvalue weighted by atomic mass is 16.4. The Morgan fingerprint density at radius 2 is 1.75 bits per heavy atom. The lowest BCUT2D eigenvalue weighted by molar-refractivity contribution is 0.0697. The van der Waals surface area contributed by atoms with Gasteiger partial charge in [0.2, 0.25) is 5.91 Å². The average molecular weight is 270 g/mol. The fraction of sp³-hybridized carbons (Fsp3) is 0.0667. The first kappa shape index (κ1) is 13.6. The summed E-state index contributed by atoms with van der Waals surface area (Å²) in [4.78, 5) is 22.1. The molecular formula is C15H14N2O3. The topological polar surface area (TPSA) is 92.4 Å². The fourth-order valence-corrected chi connectivity index (χ4v) is 1.82. The molecule has 0 heterocycles. The van der Waals surface area contributed by atoms with E-state index in [1.54, 1.807) is 42.5 Å². The van der Waals surface area contributed by atoms with Crippen LogP contribution in [0.1, 0.15) is 26.3 Å². The summed E-state index contributed by atoms with van der Waals surface area (Å²) in [6.07, 6.45) is 0. The van der Waals surface area contributed by atoms with Gasteiger partial charge in [0.1, 0.15) is 0 Å². The Balaban J connectivity index is 2.31. The van der Waals surface area contributed by atoms with Gasteiger partial charge in [-0.25, -0.2) is 4.79 Å². The summed E-state index contributed by atoms with van der Waals surface area (Å²) >= 11 is 0. The van der Waals surface area contributed by atoms with E-state index >= 15 is 0 Å². The van der Waals surface area contributed by atoms with E-state index in [0.29, 0.717) is 16.9 Å². The molecule has 0 unspecified atom stereocenters. The van der Waals surface area contributed by atoms with Crippen molar-refractivity contribution in [3.8, 4) is 0 Å². The highest BCUT2D eigenvalue weighted by Gasteiger charge is 2.10. The van der Waals surface area contributed by atoms with Gasteiger partial charge in [0.25, 0.3) is 0 Å². The van der Waals surface area contributed by atoms with Gasteiger partial charge in [0.05, 0.1) is 11.3 Å². The van der Waals surface area contributed by atoms with E-state index in [-0.39, 0.29) is 5.56 Å². The van der Waals surface area contributed by atoms with Gasteiger partial charge in [-0.05, 0) is 48.9 Å². The van der Waals surface area contributed by atoms with E-state index in [2.05, 4.69) is 5.32 Å². The number of hydrogen-bond donors (Lipinski definition) is 3. The van der Waals surface area contributed by atoms with Gasteiger partial charge < -0.3 is 16.2 Å². The van der Waals surface area contributed by atoms with Crippen molar-refractivity contribution in [1.29, 1.82) is 0 Å². The Morgan fingerprint density at radius 1 is 1.10 bits per heavy atom. The van der Waals surface area contributed by atoms with Crippen molar-refractivity contribution in [2.45, 2.75) is 6.92 Å². The Kier molecular flexibility index (Phi) is 3.70. The molecule has 102 valence electrons. The molecule has 0 aromatic heterocycles. The molecule has 0 saturated heterocycles. The summed E-state index contributed by atoms with van der Waals surface area (Å²) in [7, 11) is 0. The summed E-state index contributed by atoms with van der Waals surface area (Å²) in [5.41, 5.74) is 7.89. The largest absolute Gasteiger partial charge is 0.478 e. The van der Waals surface area contributed by atoms with Crippen LogP contribution in [0.15, 0.2) is 42.5 Å². The number of benzene rings is 2. The van der Waals surface area contributed by atoms with Gasteiger partial charge in [0, 0.05) is 11.3 Å². The number of aryl methyl sites for hydroxylation is 1. The summed E-state index contributed by atoms with van der Waals surface area (Å²) in [5, 5.41) is 12.2. The first-order chi connectivity index (χ1) is 9.47. The number of nitrogens with two attached hydrogens (primary N) is 1. The highest BCUT2D eigenvalue weighted by molar-refractivity contribution is 5.96. The molecule has 2 aromatic rings. The van der Waals surface area contributed by atoms with Crippen molar-refractivity contribution in [3.05, 3.63) is 59.2 Å². The normalized spacial score (nSPS) is 10.1. The number of carbonyl (C=O) groups excluding carboxylic acids is 1. The third-order valence-electron chi connectivity index (χ3n) is 2.85. The molecule has 0 radical (unpaired) electrons. The van der Waals surface area contributed by atoms with Crippen LogP contribution < -0.4 is 11.1 Å². The van der Waals surface area contributed by atoms with Gasteiger partial charge >= 0.3 is 5.97 Å². The summed E-state index contributed by atoms with van der Waals surface area (Å²) in [6.45, 7) is 1.88. The van der Waals surface area contributed by atoms with Crippen molar-refractivity contribution in [3.63, 3.8) is 0 Å². The number of carboxylic acids is 1. The van der Waals surface area contributed by atoms with E-state index < -0.39 is 11.9 Å². The Bertz CT molecular complexity index is 663. The molecule has 1 amide bonds. The number of rotatable bonds is 4. The van der Waals surface area contributed by atoms with Crippen LogP contribution >= 0.6 is 0 Å². The molecule has 0 aliphatic carbocycles. The molecule has 0 bridgehead atoms. The van der Waals surface area contributed by atoms with Crippen molar-refractivity contribution in [2.24, 2.45) is 5.73 Å². The van der Waals surface area contributed by atoms with Crippen LogP contribution in [0.4, 0.5) is 11.4 Å². The zero-order valence-electron chi connectivity index (χ0n) is 10.9. The molecule has 0 aliphatic heterocycles. The number of primary amides is 1. The number of aromatic carboxylic acids is 1. The second-order valence-electron chi connectivity index (χ2n) is 4.42. The molecule has 4 N–H and O–H groups in total. The first-order valence-electron chi connectivity index (χ1n) is 5.98. The lowest BCUT2D eigenvalue weighted by Gasteiger charge is -2.11. The van der Waals surface area contributed by atoms with E-state index in [9.17, 15) is 9.59 Å². The second-order valence-corrected chi connectivity index (χ2v) is 4.42. The van der Waals surface area contributed by atoms with Crippen molar-refractivity contribution < 1.29 is 14.7 Å². The van der Waals surface area contributed by atoms with E-state index in [0.717, 1.165) is 5.56 Å². The van der Waals surface area contributed by atoms with Crippen molar-refractivity contribution in [1.82, 2.24) is 0 Å². The summed E-state index contributed by atoms with van der Waals surface area (Å²) < 4.78 is 0. The number of carboxylic acid groups (broad SMARTS) is 1. The van der Waals surface area contributed by atoms with E-state index in [1.807, 2.05) is 6.92 Å². The third kappa shape index (κ3) is 2.95. The molecule has 20 heavy (non-hydrogen) atoms. The zero-order valence-corrected chi connectivity index (χ0v) is 10.9. The standard InChI is InChI=1S/C15H14N2O3/c1-9-2-7-12(15(19)20)13(8-9)17-11-5-3-10(4-6-11)14(16)18/h2-8,17H,1H3,(H2,16,18)(H,19,20). The smallest absolute Gasteiger partial charge is 0.337 e. The molecule has 0 saturated carbocycles. The molecule has 0 fully saturated rings. The molecule has 2 rings (SSSR count). The van der Waals surface area contributed by atoms with Gasteiger partial charge in [-0.15, -0.1) is 0 Å². The maximum atomic E-state index is 11.2. The van der Waals surface area contributed by atoms with E-state index in [4.69, 9.17) is 10.8 Å². The van der Waals surface area contributed by atoms with Crippen LogP contribution in [-0.2, 0) is 0 Å². The second kappa shape index (κ2) is 5.44. The van der Waals surface area contributed by atoms with Crippen molar-refractivity contribution in [2.75, 3.05) is 5.32 Å². The molecule has 2 aromatic carbocycles. The number of hydrogen-bond acceptors (Lipinski definition) is 3. The SMILES string of the molecule is Cc1ccc(C(=O)O)c(Nc2ccc(C(N)=O)cc2)c1. The average Bonchev–Trinajstić information content (AvgIpc) is 2.39. The molecule has 0 spiro atoms. The molecule has 0 aliphatic rings. The van der Waals surface area contributed by atoms with Gasteiger partial charge in [0.15, 0.2) is 0 Å². The number of amides is 1. The van der Waals surface area contributed by atoms with E-state index in [1.165, 1.54) is 0 Å². The molecular weight excluding hydrogens is 256 g/mol. The van der Waals surface area contributed by atoms with Gasteiger partial charge in [-0.3, -0.25) is 4.79 Å². The molecule has 0 atom stereocenters. The summed E-state index contributed by atoms with van der Waals surface area (Å²) in [5.74, 6) is -1.50. The Hall–Kier alpha value is -2.82. The quantitative estimate of drug-likeness (QED) is 0.796. The maximum Gasteiger partial charge on any atom is 0.337 e. The minimum Gasteiger partial charge on any atom is -0.478 e. The van der Waals surface area contributed by atoms with Crippen LogP contribution in [0.25, 0.3) is 0 Å². The minimum absolute atomic E-state index is 0.189. The zero-order chi connectivity index (χ0) is 14.7. The Morgan fingerprint density at radius 3 is 2.30 bits per heavy atom. The first-order valence-corrected chi connectivity index (χ1v) is 5.98. The van der Waals surface area contributed by atoms with Crippen LogP contribution in [0.5, 0.6) is 0 Å². The minimum atomic E-state index is -0.999. The van der Waals surface area contributed by atoms with Crippen LogP contribution in [0.3, 0.4) is 0 Å². The summed E-state index contributed by atoms with van der Waals surface area (Å²) in [6, 6.07) is 11.6. The van der Waals surface area contributed by atoms with Gasteiger partial charge in [-0.1, -0.05) is 6.07 Å². The lowest BCUT2D eigenvalue weighted by atomic mass is 10.1.